The van der Waals surface area contributed by atoms with Crippen molar-refractivity contribution in [1.82, 2.24) is 19.5 Å². The zero-order valence-corrected chi connectivity index (χ0v) is 16.1. The average Bonchev–Trinajstić information content (AvgIpc) is 3.07. The number of hydrogen-bond acceptors (Lipinski definition) is 4. The van der Waals surface area contributed by atoms with Crippen LogP contribution in [-0.4, -0.2) is 23.2 Å². The van der Waals surface area contributed by atoms with Gasteiger partial charge < -0.3 is 0 Å². The van der Waals surface area contributed by atoms with Crippen molar-refractivity contribution in [3.05, 3.63) is 75.7 Å². The van der Waals surface area contributed by atoms with Crippen LogP contribution < -0.4 is 4.72 Å². The van der Waals surface area contributed by atoms with Crippen molar-refractivity contribution in [3.63, 3.8) is 0 Å². The van der Waals surface area contributed by atoms with Crippen molar-refractivity contribution in [2.45, 2.75) is 18.0 Å². The summed E-state index contributed by atoms with van der Waals surface area (Å²) in [5.41, 5.74) is 1.90. The van der Waals surface area contributed by atoms with E-state index >= 15 is 0 Å². The second kappa shape index (κ2) is 7.65. The highest BCUT2D eigenvalue weighted by molar-refractivity contribution is 9.10. The third kappa shape index (κ3) is 4.66. The average molecular weight is 442 g/mol. The molecule has 0 aliphatic heterocycles. The number of nitrogens with one attached hydrogen (secondary N) is 1. The molecule has 0 bridgehead atoms. The fourth-order valence-corrected chi connectivity index (χ4v) is 4.27. The minimum absolute atomic E-state index is 0.0557. The maximum Gasteiger partial charge on any atom is 0.242 e. The van der Waals surface area contributed by atoms with E-state index < -0.39 is 10.0 Å². The molecule has 0 aliphatic carbocycles. The zero-order valence-electron chi connectivity index (χ0n) is 12.9. The molecule has 2 aromatic carbocycles. The van der Waals surface area contributed by atoms with Crippen LogP contribution in [0.1, 0.15) is 11.1 Å². The zero-order chi connectivity index (χ0) is 17.9. The van der Waals surface area contributed by atoms with Gasteiger partial charge in [0.15, 0.2) is 0 Å². The molecule has 1 heterocycles. The van der Waals surface area contributed by atoms with E-state index in [1.807, 2.05) is 24.3 Å². The summed E-state index contributed by atoms with van der Waals surface area (Å²) in [7, 11) is -3.68. The Morgan fingerprint density at radius 1 is 1.12 bits per heavy atom. The Kier molecular flexibility index (Phi) is 5.53. The first-order valence-electron chi connectivity index (χ1n) is 7.29. The lowest BCUT2D eigenvalue weighted by Crippen LogP contribution is -2.23. The van der Waals surface area contributed by atoms with Gasteiger partial charge in [-0.25, -0.2) is 22.8 Å². The van der Waals surface area contributed by atoms with Crippen LogP contribution in [0.5, 0.6) is 0 Å². The van der Waals surface area contributed by atoms with Crippen molar-refractivity contribution < 1.29 is 8.42 Å². The fourth-order valence-electron chi connectivity index (χ4n) is 2.21. The van der Waals surface area contributed by atoms with E-state index in [4.69, 9.17) is 11.6 Å². The molecule has 130 valence electrons. The molecule has 3 aromatic rings. The molecule has 0 radical (unpaired) electrons. The van der Waals surface area contributed by atoms with Gasteiger partial charge in [-0.15, -0.1) is 0 Å². The molecular weight excluding hydrogens is 428 g/mol. The lowest BCUT2D eigenvalue weighted by molar-refractivity contribution is 0.581. The summed E-state index contributed by atoms with van der Waals surface area (Å²) in [6.07, 6.45) is 3.13. The highest BCUT2D eigenvalue weighted by Crippen LogP contribution is 2.25. The van der Waals surface area contributed by atoms with Crippen molar-refractivity contribution in [3.8, 4) is 0 Å². The summed E-state index contributed by atoms with van der Waals surface area (Å²) in [4.78, 5) is 3.95. The number of hydrogen-bond donors (Lipinski definition) is 1. The molecule has 0 fully saturated rings. The quantitative estimate of drug-likeness (QED) is 0.637. The lowest BCUT2D eigenvalue weighted by Gasteiger charge is -2.09. The minimum atomic E-state index is -3.68. The summed E-state index contributed by atoms with van der Waals surface area (Å²) < 4.78 is 29.8. The largest absolute Gasteiger partial charge is 0.249 e. The van der Waals surface area contributed by atoms with Gasteiger partial charge in [-0.05, 0) is 29.3 Å². The summed E-state index contributed by atoms with van der Waals surface area (Å²) in [6.45, 7) is 0.791. The number of aromatic nitrogens is 3. The van der Waals surface area contributed by atoms with E-state index in [2.05, 4.69) is 30.7 Å². The van der Waals surface area contributed by atoms with Crippen molar-refractivity contribution in [2.75, 3.05) is 0 Å². The second-order valence-electron chi connectivity index (χ2n) is 5.31. The van der Waals surface area contributed by atoms with E-state index in [1.165, 1.54) is 12.4 Å². The van der Waals surface area contributed by atoms with Gasteiger partial charge in [-0.1, -0.05) is 51.8 Å². The van der Waals surface area contributed by atoms with Crippen LogP contribution in [0.3, 0.4) is 0 Å². The molecule has 0 spiro atoms. The van der Waals surface area contributed by atoms with Crippen molar-refractivity contribution in [2.24, 2.45) is 0 Å². The normalized spacial score (nSPS) is 11.6. The molecule has 6 nitrogen and oxygen atoms in total. The van der Waals surface area contributed by atoms with E-state index in [0.717, 1.165) is 15.6 Å². The Morgan fingerprint density at radius 3 is 2.48 bits per heavy atom. The highest BCUT2D eigenvalue weighted by Gasteiger charge is 2.17. The molecule has 1 N–H and O–H groups in total. The first-order valence-corrected chi connectivity index (χ1v) is 9.94. The van der Waals surface area contributed by atoms with Gasteiger partial charge >= 0.3 is 0 Å². The molecule has 0 saturated heterocycles. The van der Waals surface area contributed by atoms with Crippen molar-refractivity contribution >= 4 is 37.6 Å². The second-order valence-corrected chi connectivity index (χ2v) is 8.37. The monoisotopic (exact) mass is 440 g/mol. The van der Waals surface area contributed by atoms with Gasteiger partial charge in [0, 0.05) is 11.0 Å². The maximum absolute atomic E-state index is 12.4. The molecule has 25 heavy (non-hydrogen) atoms. The van der Waals surface area contributed by atoms with Crippen molar-refractivity contribution in [1.29, 1.82) is 0 Å². The predicted octanol–water partition coefficient (Wildman–Crippen LogP) is 3.22. The molecule has 0 amide bonds. The van der Waals surface area contributed by atoms with Crippen LogP contribution in [0, 0.1) is 0 Å². The van der Waals surface area contributed by atoms with Gasteiger partial charge in [0.25, 0.3) is 0 Å². The standard InChI is InChI=1S/C16H14BrClN4O2S/c17-14-5-6-16(15(18)7-14)25(23,24)21-8-12-1-3-13(4-2-12)9-22-11-19-10-20-22/h1-7,10-11,21H,8-9H2. The van der Waals surface area contributed by atoms with Crippen LogP contribution >= 0.6 is 27.5 Å². The first-order chi connectivity index (χ1) is 11.9. The van der Waals surface area contributed by atoms with Gasteiger partial charge in [-0.2, -0.15) is 5.10 Å². The molecule has 9 heteroatoms. The Hall–Kier alpha value is -1.74. The maximum atomic E-state index is 12.4. The van der Waals surface area contributed by atoms with Crippen LogP contribution in [-0.2, 0) is 23.1 Å². The van der Waals surface area contributed by atoms with E-state index in [-0.39, 0.29) is 16.5 Å². The Morgan fingerprint density at radius 2 is 1.84 bits per heavy atom. The molecular formula is C16H14BrClN4O2S. The lowest BCUT2D eigenvalue weighted by atomic mass is 10.1. The summed E-state index contributed by atoms with van der Waals surface area (Å²) in [5.74, 6) is 0. The third-order valence-electron chi connectivity index (χ3n) is 3.48. The summed E-state index contributed by atoms with van der Waals surface area (Å²) >= 11 is 9.28. The first kappa shape index (κ1) is 18.1. The molecule has 3 rings (SSSR count). The van der Waals surface area contributed by atoms with Gasteiger partial charge in [0.2, 0.25) is 10.0 Å². The molecule has 0 unspecified atom stereocenters. The SMILES string of the molecule is O=S(=O)(NCc1ccc(Cn2cncn2)cc1)c1ccc(Br)cc1Cl. The van der Waals surface area contributed by atoms with Gasteiger partial charge in [0.1, 0.15) is 17.6 Å². The van der Waals surface area contributed by atoms with E-state index in [9.17, 15) is 8.42 Å². The Bertz CT molecular complexity index is 960. The van der Waals surface area contributed by atoms with Crippen LogP contribution in [0.2, 0.25) is 5.02 Å². The number of sulfonamides is 1. The topological polar surface area (TPSA) is 76.9 Å². The highest BCUT2D eigenvalue weighted by atomic mass is 79.9. The fraction of sp³-hybridized carbons (Fsp3) is 0.125. The smallest absolute Gasteiger partial charge is 0.242 e. The summed E-state index contributed by atoms with van der Waals surface area (Å²) in [5, 5.41) is 4.22. The minimum Gasteiger partial charge on any atom is -0.249 e. The molecule has 0 aliphatic rings. The van der Waals surface area contributed by atoms with E-state index in [0.29, 0.717) is 6.54 Å². The predicted molar refractivity (Wildman–Crippen MR) is 98.7 cm³/mol. The van der Waals surface area contributed by atoms with E-state index in [1.54, 1.807) is 23.1 Å². The Labute approximate surface area is 159 Å². The number of halogens is 2. The number of rotatable bonds is 6. The van der Waals surface area contributed by atoms with Gasteiger partial charge in [0.05, 0.1) is 11.6 Å². The van der Waals surface area contributed by atoms with Crippen LogP contribution in [0.25, 0.3) is 0 Å². The molecule has 0 atom stereocenters. The molecule has 0 saturated carbocycles. The third-order valence-corrected chi connectivity index (χ3v) is 5.86. The summed E-state index contributed by atoms with van der Waals surface area (Å²) in [6, 6.07) is 12.3. The molecule has 1 aromatic heterocycles. The van der Waals surface area contributed by atoms with Crippen LogP contribution in [0.4, 0.5) is 0 Å². The van der Waals surface area contributed by atoms with Gasteiger partial charge in [-0.3, -0.25) is 0 Å². The van der Waals surface area contributed by atoms with Crippen LogP contribution in [0.15, 0.2) is 64.5 Å². The Balaban J connectivity index is 1.66. The number of nitrogens with zero attached hydrogens (tertiary/aromatic N) is 3. The number of benzene rings is 2.